The van der Waals surface area contributed by atoms with E-state index >= 15 is 0 Å². The quantitative estimate of drug-likeness (QED) is 0.557. The summed E-state index contributed by atoms with van der Waals surface area (Å²) in [6.07, 6.45) is -3.28. The Morgan fingerprint density at radius 2 is 1.67 bits per heavy atom. The molecule has 0 radical (unpaired) electrons. The molecule has 7 heteroatoms. The third-order valence-corrected chi connectivity index (χ3v) is 3.88. The van der Waals surface area contributed by atoms with Crippen LogP contribution in [-0.4, -0.2) is 43.3 Å². The van der Waals surface area contributed by atoms with E-state index in [0.29, 0.717) is 12.8 Å². The molecule has 1 aliphatic rings. The zero-order chi connectivity index (χ0) is 17.6. The molecular formula is C17H20F5NO. The fourth-order valence-corrected chi connectivity index (χ4v) is 2.59. The van der Waals surface area contributed by atoms with Crippen molar-refractivity contribution in [1.82, 2.24) is 4.90 Å². The Bertz CT molecular complexity index is 536. The molecule has 1 aromatic rings. The average molecular weight is 349 g/mol. The zero-order valence-electron chi connectivity index (χ0n) is 13.2. The molecule has 0 spiro atoms. The number of nitrogens with zero attached hydrogens (tertiary/aromatic N) is 1. The van der Waals surface area contributed by atoms with Crippen LogP contribution in [-0.2, 0) is 11.2 Å². The summed E-state index contributed by atoms with van der Waals surface area (Å²) in [7, 11) is 0. The fourth-order valence-electron chi connectivity index (χ4n) is 2.59. The first-order chi connectivity index (χ1) is 11.3. The number of rotatable bonds is 6. The van der Waals surface area contributed by atoms with Crippen molar-refractivity contribution < 1.29 is 26.7 Å². The van der Waals surface area contributed by atoms with Crippen molar-refractivity contribution >= 4 is 0 Å². The molecule has 2 nitrogen and oxygen atoms in total. The van der Waals surface area contributed by atoms with Crippen molar-refractivity contribution in [2.45, 2.75) is 31.4 Å². The molecule has 24 heavy (non-hydrogen) atoms. The van der Waals surface area contributed by atoms with Crippen LogP contribution in [0.2, 0.25) is 0 Å². The first-order valence-corrected chi connectivity index (χ1v) is 7.84. The van der Waals surface area contributed by atoms with Crippen LogP contribution in [0.15, 0.2) is 42.1 Å². The summed E-state index contributed by atoms with van der Waals surface area (Å²) in [5.74, 6) is -4.85. The Kier molecular flexibility index (Phi) is 6.21. The van der Waals surface area contributed by atoms with Gasteiger partial charge in [-0.2, -0.15) is 22.0 Å². The summed E-state index contributed by atoms with van der Waals surface area (Å²) in [6.45, 7) is 0.372. The van der Waals surface area contributed by atoms with Gasteiger partial charge in [-0.3, -0.25) is 0 Å². The number of hydrogen-bond donors (Lipinski definition) is 0. The Labute approximate surface area is 137 Å². The Morgan fingerprint density at radius 3 is 2.25 bits per heavy atom. The maximum Gasteiger partial charge on any atom is 0.459 e. The number of aryl methyl sites for hydroxylation is 1. The van der Waals surface area contributed by atoms with Gasteiger partial charge in [0.1, 0.15) is 0 Å². The van der Waals surface area contributed by atoms with Crippen molar-refractivity contribution in [1.29, 1.82) is 0 Å². The van der Waals surface area contributed by atoms with Gasteiger partial charge in [-0.25, -0.2) is 0 Å². The van der Waals surface area contributed by atoms with Crippen molar-refractivity contribution in [3.8, 4) is 0 Å². The Morgan fingerprint density at radius 1 is 1.04 bits per heavy atom. The molecule has 2 rings (SSSR count). The first kappa shape index (κ1) is 18.7. The molecule has 1 aliphatic heterocycles. The molecule has 0 bridgehead atoms. The van der Waals surface area contributed by atoms with Crippen molar-refractivity contribution in [2.75, 3.05) is 26.3 Å². The average Bonchev–Trinajstić information content (AvgIpc) is 2.55. The lowest BCUT2D eigenvalue weighted by Gasteiger charge is -2.35. The SMILES string of the molecule is FC(F)(F)C(F)(F)/C(=C\CCCc1ccccc1)N1CCOCC1. The lowest BCUT2D eigenvalue weighted by molar-refractivity contribution is -0.271. The van der Waals surface area contributed by atoms with E-state index in [4.69, 9.17) is 4.74 Å². The van der Waals surface area contributed by atoms with Crippen LogP contribution in [0.25, 0.3) is 0 Å². The smallest absolute Gasteiger partial charge is 0.378 e. The third kappa shape index (κ3) is 4.69. The van der Waals surface area contributed by atoms with Crippen LogP contribution in [0.5, 0.6) is 0 Å². The normalized spacial score (nSPS) is 17.2. The van der Waals surface area contributed by atoms with Gasteiger partial charge in [0.25, 0.3) is 0 Å². The van der Waals surface area contributed by atoms with E-state index in [1.54, 1.807) is 0 Å². The van der Waals surface area contributed by atoms with E-state index in [2.05, 4.69) is 0 Å². The van der Waals surface area contributed by atoms with Crippen molar-refractivity contribution in [2.24, 2.45) is 0 Å². The molecule has 0 aromatic heterocycles. The van der Waals surface area contributed by atoms with Crippen LogP contribution >= 0.6 is 0 Å². The van der Waals surface area contributed by atoms with Gasteiger partial charge < -0.3 is 9.64 Å². The zero-order valence-corrected chi connectivity index (χ0v) is 13.2. The van der Waals surface area contributed by atoms with Gasteiger partial charge in [-0.15, -0.1) is 0 Å². The van der Waals surface area contributed by atoms with Crippen LogP contribution in [0.4, 0.5) is 22.0 Å². The van der Waals surface area contributed by atoms with Crippen molar-refractivity contribution in [3.05, 3.63) is 47.7 Å². The molecule has 0 amide bonds. The van der Waals surface area contributed by atoms with E-state index in [0.717, 1.165) is 16.5 Å². The molecule has 0 saturated carbocycles. The second-order valence-corrected chi connectivity index (χ2v) is 5.64. The van der Waals surface area contributed by atoms with Crippen LogP contribution < -0.4 is 0 Å². The molecule has 1 fully saturated rings. The van der Waals surface area contributed by atoms with Crippen molar-refractivity contribution in [3.63, 3.8) is 0 Å². The number of alkyl halides is 5. The summed E-state index contributed by atoms with van der Waals surface area (Å²) in [5, 5.41) is 0. The highest BCUT2D eigenvalue weighted by molar-refractivity contribution is 5.17. The second-order valence-electron chi connectivity index (χ2n) is 5.64. The number of benzene rings is 1. The van der Waals surface area contributed by atoms with Gasteiger partial charge in [0, 0.05) is 13.1 Å². The number of halogens is 5. The maximum absolute atomic E-state index is 13.9. The van der Waals surface area contributed by atoms with E-state index in [1.165, 1.54) is 0 Å². The number of unbranched alkanes of at least 4 members (excludes halogenated alkanes) is 1. The minimum Gasteiger partial charge on any atom is -0.378 e. The van der Waals surface area contributed by atoms with Crippen LogP contribution in [0.1, 0.15) is 18.4 Å². The Hall–Kier alpha value is -1.63. The van der Waals surface area contributed by atoms with Gasteiger partial charge in [0.2, 0.25) is 0 Å². The lowest BCUT2D eigenvalue weighted by Crippen LogP contribution is -2.48. The van der Waals surface area contributed by atoms with E-state index in [9.17, 15) is 22.0 Å². The van der Waals surface area contributed by atoms with Gasteiger partial charge in [0.05, 0.1) is 18.9 Å². The minimum atomic E-state index is -5.60. The largest absolute Gasteiger partial charge is 0.459 e. The molecular weight excluding hydrogens is 329 g/mol. The van der Waals surface area contributed by atoms with Gasteiger partial charge in [-0.05, 0) is 24.8 Å². The molecule has 1 heterocycles. The number of morpholine rings is 1. The van der Waals surface area contributed by atoms with E-state index < -0.39 is 17.8 Å². The second kappa shape index (κ2) is 7.96. The molecule has 0 aliphatic carbocycles. The number of allylic oxidation sites excluding steroid dienone is 2. The van der Waals surface area contributed by atoms with E-state index in [-0.39, 0.29) is 32.7 Å². The van der Waals surface area contributed by atoms with E-state index in [1.807, 2.05) is 30.3 Å². The third-order valence-electron chi connectivity index (χ3n) is 3.88. The molecule has 1 aromatic carbocycles. The lowest BCUT2D eigenvalue weighted by atomic mass is 10.1. The fraction of sp³-hybridized carbons (Fsp3) is 0.529. The highest BCUT2D eigenvalue weighted by Crippen LogP contribution is 2.42. The van der Waals surface area contributed by atoms with Crippen LogP contribution in [0, 0.1) is 0 Å². The minimum absolute atomic E-state index is 0.0379. The summed E-state index contributed by atoms with van der Waals surface area (Å²) in [5.41, 5.74) is 0.0766. The predicted octanol–water partition coefficient (Wildman–Crippen LogP) is 4.42. The summed E-state index contributed by atoms with van der Waals surface area (Å²) >= 11 is 0. The van der Waals surface area contributed by atoms with Crippen LogP contribution in [0.3, 0.4) is 0 Å². The number of hydrogen-bond acceptors (Lipinski definition) is 2. The highest BCUT2D eigenvalue weighted by Gasteiger charge is 2.61. The predicted molar refractivity (Wildman–Crippen MR) is 80.9 cm³/mol. The highest BCUT2D eigenvalue weighted by atomic mass is 19.4. The van der Waals surface area contributed by atoms with Gasteiger partial charge in [-0.1, -0.05) is 36.4 Å². The number of ether oxygens (including phenoxy) is 1. The standard InChI is InChI=1S/C17H20F5NO/c18-16(19,17(20,21)22)15(23-10-12-24-13-11-23)9-5-4-8-14-6-2-1-3-7-14/h1-3,6-7,9H,4-5,8,10-13H2/b15-9+. The molecule has 0 N–H and O–H groups in total. The monoisotopic (exact) mass is 349 g/mol. The summed E-state index contributed by atoms with van der Waals surface area (Å²) < 4.78 is 71.0. The Balaban J connectivity index is 2.06. The molecule has 0 atom stereocenters. The van der Waals surface area contributed by atoms with Gasteiger partial charge >= 0.3 is 12.1 Å². The summed E-state index contributed by atoms with van der Waals surface area (Å²) in [6, 6.07) is 9.39. The first-order valence-electron chi connectivity index (χ1n) is 7.84. The summed E-state index contributed by atoms with van der Waals surface area (Å²) in [4.78, 5) is 1.08. The molecule has 0 unspecified atom stereocenters. The maximum atomic E-state index is 13.9. The molecule has 1 saturated heterocycles. The molecule has 134 valence electrons. The topological polar surface area (TPSA) is 12.5 Å². The van der Waals surface area contributed by atoms with Gasteiger partial charge in [0.15, 0.2) is 0 Å².